The number of sulfonamides is 1. The summed E-state index contributed by atoms with van der Waals surface area (Å²) in [6.45, 7) is 0.444. The van der Waals surface area contributed by atoms with Crippen LogP contribution in [0.15, 0.2) is 29.2 Å². The van der Waals surface area contributed by atoms with Gasteiger partial charge in [0.2, 0.25) is 10.0 Å². The van der Waals surface area contributed by atoms with Gasteiger partial charge in [0, 0.05) is 12.1 Å². The SMILES string of the molecule is N#CC1(NC(=O)c2cccc(S(=O)(=O)N3C[C@@H]4C[C@H]5C[C@H]4[C@H]3[C@@H]5O)c2)CCCC1. The van der Waals surface area contributed by atoms with E-state index < -0.39 is 27.6 Å². The van der Waals surface area contributed by atoms with Crippen molar-refractivity contribution in [3.05, 3.63) is 29.8 Å². The molecule has 1 aromatic rings. The number of nitrogens with one attached hydrogen (secondary N) is 1. The van der Waals surface area contributed by atoms with Gasteiger partial charge >= 0.3 is 0 Å². The predicted molar refractivity (Wildman–Crippen MR) is 104 cm³/mol. The van der Waals surface area contributed by atoms with Crippen molar-refractivity contribution < 1.29 is 18.3 Å². The zero-order chi connectivity index (χ0) is 20.4. The van der Waals surface area contributed by atoms with E-state index in [1.54, 1.807) is 12.1 Å². The first-order chi connectivity index (χ1) is 13.8. The van der Waals surface area contributed by atoms with Crippen LogP contribution in [0.1, 0.15) is 48.9 Å². The molecule has 3 saturated carbocycles. The van der Waals surface area contributed by atoms with Gasteiger partial charge in [0.15, 0.2) is 0 Å². The number of nitriles is 1. The van der Waals surface area contributed by atoms with E-state index in [2.05, 4.69) is 11.4 Å². The lowest BCUT2D eigenvalue weighted by Gasteiger charge is -2.28. The molecule has 5 rings (SSSR count). The standard InChI is InChI=1S/C21H25N3O4S/c22-12-21(6-1-2-7-21)23-20(26)13-4-3-5-16(9-13)29(27,28)24-11-15-8-14-10-17(15)18(24)19(14)25/h3-5,9,14-15,17-19,25H,1-2,6-8,10-11H2,(H,23,26)/t14-,15-,17+,18-,19+/m0/s1. The summed E-state index contributed by atoms with van der Waals surface area (Å²) in [5.74, 6) is 0.357. The Kier molecular flexibility index (Phi) is 4.28. The van der Waals surface area contributed by atoms with Crippen molar-refractivity contribution in [3.63, 3.8) is 0 Å². The third-order valence-electron chi connectivity index (χ3n) is 7.53. The van der Waals surface area contributed by atoms with Crippen LogP contribution in [0.3, 0.4) is 0 Å². The number of hydrogen-bond acceptors (Lipinski definition) is 5. The van der Waals surface area contributed by atoms with Crippen molar-refractivity contribution in [1.29, 1.82) is 5.26 Å². The minimum Gasteiger partial charge on any atom is -0.391 e. The zero-order valence-electron chi connectivity index (χ0n) is 16.1. The minimum absolute atomic E-state index is 0.0690. The molecular formula is C21H25N3O4S. The smallest absolute Gasteiger partial charge is 0.252 e. The summed E-state index contributed by atoms with van der Waals surface area (Å²) >= 11 is 0. The number of hydrogen-bond donors (Lipinski definition) is 2. The molecule has 1 heterocycles. The summed E-state index contributed by atoms with van der Waals surface area (Å²) in [6.07, 6.45) is 4.22. The molecule has 1 aliphatic heterocycles. The third-order valence-corrected chi connectivity index (χ3v) is 9.39. The fourth-order valence-corrected chi connectivity index (χ4v) is 7.89. The van der Waals surface area contributed by atoms with Crippen molar-refractivity contribution in [2.24, 2.45) is 17.8 Å². The monoisotopic (exact) mass is 415 g/mol. The lowest BCUT2D eigenvalue weighted by Crippen LogP contribution is -2.45. The van der Waals surface area contributed by atoms with Gasteiger partial charge in [-0.25, -0.2) is 8.42 Å². The van der Waals surface area contributed by atoms with Crippen LogP contribution in [0.5, 0.6) is 0 Å². The van der Waals surface area contributed by atoms with Gasteiger partial charge in [-0.05, 0) is 74.5 Å². The maximum atomic E-state index is 13.4. The summed E-state index contributed by atoms with van der Waals surface area (Å²) < 4.78 is 28.2. The van der Waals surface area contributed by atoms with Crippen LogP contribution in [0, 0.1) is 29.1 Å². The van der Waals surface area contributed by atoms with Crippen molar-refractivity contribution in [2.75, 3.05) is 6.54 Å². The number of aliphatic hydroxyl groups excluding tert-OH is 1. The van der Waals surface area contributed by atoms with Gasteiger partial charge in [0.1, 0.15) is 5.54 Å². The molecule has 1 amide bonds. The molecule has 154 valence electrons. The second-order valence-corrected chi connectivity index (χ2v) is 11.0. The Hall–Kier alpha value is -1.95. The van der Waals surface area contributed by atoms with Gasteiger partial charge in [-0.1, -0.05) is 6.07 Å². The Labute approximate surface area is 170 Å². The first kappa shape index (κ1) is 19.0. The van der Waals surface area contributed by atoms with Crippen molar-refractivity contribution in [3.8, 4) is 6.07 Å². The molecule has 8 heteroatoms. The summed E-state index contributed by atoms with van der Waals surface area (Å²) in [4.78, 5) is 12.8. The number of nitrogens with zero attached hydrogens (tertiary/aromatic N) is 2. The van der Waals surface area contributed by atoms with Gasteiger partial charge in [-0.15, -0.1) is 0 Å². The Morgan fingerprint density at radius 3 is 2.69 bits per heavy atom. The highest BCUT2D eigenvalue weighted by molar-refractivity contribution is 7.89. The van der Waals surface area contributed by atoms with Crippen LogP contribution in [-0.4, -0.2) is 48.0 Å². The molecule has 0 unspecified atom stereocenters. The van der Waals surface area contributed by atoms with E-state index in [9.17, 15) is 23.6 Å². The number of rotatable bonds is 4. The number of carbonyl (C=O) groups is 1. The largest absolute Gasteiger partial charge is 0.391 e. The van der Waals surface area contributed by atoms with Crippen molar-refractivity contribution in [1.82, 2.24) is 9.62 Å². The minimum atomic E-state index is -3.81. The number of amides is 1. The van der Waals surface area contributed by atoms with E-state index in [1.807, 2.05) is 0 Å². The average Bonchev–Trinajstić information content (AvgIpc) is 3.45. The third kappa shape index (κ3) is 2.82. The van der Waals surface area contributed by atoms with Crippen LogP contribution in [0.25, 0.3) is 0 Å². The molecule has 1 aromatic carbocycles. The molecule has 0 spiro atoms. The topological polar surface area (TPSA) is 110 Å². The van der Waals surface area contributed by atoms with E-state index >= 15 is 0 Å². The second kappa shape index (κ2) is 6.53. The van der Waals surface area contributed by atoms with Crippen molar-refractivity contribution >= 4 is 15.9 Å². The number of fused-ring (bicyclic) bond motifs is 1. The van der Waals surface area contributed by atoms with Crippen LogP contribution >= 0.6 is 0 Å². The van der Waals surface area contributed by atoms with Gasteiger partial charge in [0.25, 0.3) is 5.91 Å². The van der Waals surface area contributed by atoms with E-state index in [1.165, 1.54) is 16.4 Å². The van der Waals surface area contributed by atoms with Crippen molar-refractivity contribution in [2.45, 2.75) is 61.1 Å². The first-order valence-corrected chi connectivity index (χ1v) is 11.8. The van der Waals surface area contributed by atoms with E-state index in [-0.39, 0.29) is 28.3 Å². The molecule has 2 bridgehead atoms. The maximum Gasteiger partial charge on any atom is 0.252 e. The predicted octanol–water partition coefficient (Wildman–Crippen LogP) is 1.64. The van der Waals surface area contributed by atoms with E-state index in [4.69, 9.17) is 0 Å². The molecule has 7 nitrogen and oxygen atoms in total. The molecule has 5 atom stereocenters. The summed E-state index contributed by atoms with van der Waals surface area (Å²) in [6, 6.07) is 7.90. The Balaban J connectivity index is 1.41. The Morgan fingerprint density at radius 1 is 1.24 bits per heavy atom. The molecule has 0 aromatic heterocycles. The lowest BCUT2D eigenvalue weighted by molar-refractivity contribution is 0.0731. The number of benzene rings is 1. The van der Waals surface area contributed by atoms with Crippen LogP contribution in [0.2, 0.25) is 0 Å². The fraction of sp³-hybridized carbons (Fsp3) is 0.619. The molecule has 3 aliphatic carbocycles. The van der Waals surface area contributed by atoms with E-state index in [0.717, 1.165) is 25.7 Å². The highest BCUT2D eigenvalue weighted by atomic mass is 32.2. The number of aliphatic hydroxyl groups is 1. The van der Waals surface area contributed by atoms with Gasteiger partial charge < -0.3 is 10.4 Å². The summed E-state index contributed by atoms with van der Waals surface area (Å²) in [5.41, 5.74) is -0.622. The highest BCUT2D eigenvalue weighted by Gasteiger charge is 2.61. The molecule has 4 fully saturated rings. The van der Waals surface area contributed by atoms with Gasteiger partial charge in [0.05, 0.1) is 23.1 Å². The van der Waals surface area contributed by atoms with Gasteiger partial charge in [-0.2, -0.15) is 9.57 Å². The molecule has 29 heavy (non-hydrogen) atoms. The maximum absolute atomic E-state index is 13.4. The van der Waals surface area contributed by atoms with Crippen LogP contribution in [0.4, 0.5) is 0 Å². The first-order valence-electron chi connectivity index (χ1n) is 10.4. The van der Waals surface area contributed by atoms with Crippen LogP contribution < -0.4 is 5.32 Å². The average molecular weight is 416 g/mol. The lowest BCUT2D eigenvalue weighted by atomic mass is 9.88. The molecular weight excluding hydrogens is 390 g/mol. The zero-order valence-corrected chi connectivity index (χ0v) is 16.9. The summed E-state index contributed by atoms with van der Waals surface area (Å²) in [7, 11) is -3.81. The molecule has 2 N–H and O–H groups in total. The fourth-order valence-electron chi connectivity index (χ4n) is 6.10. The number of carbonyl (C=O) groups excluding carboxylic acids is 1. The van der Waals surface area contributed by atoms with Gasteiger partial charge in [-0.3, -0.25) is 4.79 Å². The van der Waals surface area contributed by atoms with Crippen LogP contribution in [-0.2, 0) is 10.0 Å². The second-order valence-electron chi connectivity index (χ2n) is 9.09. The molecule has 1 saturated heterocycles. The van der Waals surface area contributed by atoms with E-state index in [0.29, 0.717) is 25.3 Å². The quantitative estimate of drug-likeness (QED) is 0.777. The summed E-state index contributed by atoms with van der Waals surface area (Å²) in [5, 5.41) is 22.8. The molecule has 0 radical (unpaired) electrons. The highest BCUT2D eigenvalue weighted by Crippen LogP contribution is 2.56. The normalized spacial score (nSPS) is 35.0. The Bertz CT molecular complexity index is 993. The Morgan fingerprint density at radius 2 is 2.00 bits per heavy atom. The molecule has 4 aliphatic rings.